The summed E-state index contributed by atoms with van der Waals surface area (Å²) in [6.45, 7) is 0.502. The molecule has 1 aliphatic heterocycles. The van der Waals surface area contributed by atoms with Crippen molar-refractivity contribution in [3.8, 4) is 5.75 Å². The quantitative estimate of drug-likeness (QED) is 0.918. The number of amides is 1. The van der Waals surface area contributed by atoms with Crippen LogP contribution in [0.25, 0.3) is 0 Å². The van der Waals surface area contributed by atoms with E-state index in [1.807, 2.05) is 0 Å². The van der Waals surface area contributed by atoms with Crippen molar-refractivity contribution in [2.24, 2.45) is 0 Å². The van der Waals surface area contributed by atoms with E-state index >= 15 is 0 Å². The summed E-state index contributed by atoms with van der Waals surface area (Å²) in [7, 11) is 0. The molecule has 1 aromatic carbocycles. The van der Waals surface area contributed by atoms with Gasteiger partial charge < -0.3 is 14.7 Å². The fourth-order valence-corrected chi connectivity index (χ4v) is 2.48. The molecular formula is C15H20FNO3. The van der Waals surface area contributed by atoms with E-state index in [4.69, 9.17) is 4.74 Å². The topological polar surface area (TPSA) is 49.8 Å². The molecule has 0 spiro atoms. The van der Waals surface area contributed by atoms with Gasteiger partial charge in [-0.1, -0.05) is 18.9 Å². The Bertz CT molecular complexity index is 452. The zero-order valence-electron chi connectivity index (χ0n) is 11.4. The average Bonchev–Trinajstić information content (AvgIpc) is 2.70. The Balaban J connectivity index is 1.92. The lowest BCUT2D eigenvalue weighted by Crippen LogP contribution is -2.44. The molecule has 1 unspecified atom stereocenters. The van der Waals surface area contributed by atoms with Crippen LogP contribution in [0.5, 0.6) is 5.75 Å². The first-order valence-electron chi connectivity index (χ1n) is 6.99. The second kappa shape index (κ2) is 7.24. The summed E-state index contributed by atoms with van der Waals surface area (Å²) in [5.74, 6) is -0.207. The highest BCUT2D eigenvalue weighted by atomic mass is 19.1. The molecule has 1 N–H and O–H groups in total. The molecule has 1 heterocycles. The maximum atomic E-state index is 13.0. The van der Waals surface area contributed by atoms with Gasteiger partial charge in [-0.25, -0.2) is 4.39 Å². The minimum absolute atomic E-state index is 0.0221. The van der Waals surface area contributed by atoms with Crippen LogP contribution in [-0.2, 0) is 4.79 Å². The number of halogens is 1. The Morgan fingerprint density at radius 3 is 3.00 bits per heavy atom. The third-order valence-corrected chi connectivity index (χ3v) is 3.57. The predicted octanol–water partition coefficient (Wildman–Crippen LogP) is 1.97. The third kappa shape index (κ3) is 3.93. The molecule has 1 atom stereocenters. The van der Waals surface area contributed by atoms with Crippen molar-refractivity contribution in [3.05, 3.63) is 30.1 Å². The van der Waals surface area contributed by atoms with Gasteiger partial charge in [0.1, 0.15) is 11.6 Å². The van der Waals surface area contributed by atoms with Crippen LogP contribution in [-0.4, -0.2) is 41.7 Å². The Hall–Kier alpha value is -1.62. The number of carbonyl (C=O) groups is 1. The number of likely N-dealkylation sites (tertiary alicyclic amines) is 1. The minimum Gasteiger partial charge on any atom is -0.484 e. The number of nitrogens with zero attached hydrogens (tertiary/aromatic N) is 1. The van der Waals surface area contributed by atoms with E-state index in [9.17, 15) is 14.3 Å². The molecule has 1 fully saturated rings. The van der Waals surface area contributed by atoms with Crippen molar-refractivity contribution in [2.45, 2.75) is 31.7 Å². The van der Waals surface area contributed by atoms with Crippen LogP contribution in [0.1, 0.15) is 25.7 Å². The van der Waals surface area contributed by atoms with Gasteiger partial charge in [0.2, 0.25) is 0 Å². The summed E-state index contributed by atoms with van der Waals surface area (Å²) in [6.07, 6.45) is 3.87. The van der Waals surface area contributed by atoms with E-state index in [2.05, 4.69) is 0 Å². The van der Waals surface area contributed by atoms with E-state index in [1.54, 1.807) is 11.0 Å². The Labute approximate surface area is 118 Å². The number of carbonyl (C=O) groups excluding carboxylic acids is 1. The number of aliphatic hydroxyl groups excluding tert-OH is 1. The number of hydrogen-bond acceptors (Lipinski definition) is 3. The number of aliphatic hydroxyl groups is 1. The van der Waals surface area contributed by atoms with E-state index < -0.39 is 5.82 Å². The molecule has 0 bridgehead atoms. The molecule has 0 aliphatic carbocycles. The van der Waals surface area contributed by atoms with Crippen LogP contribution in [0.2, 0.25) is 0 Å². The minimum atomic E-state index is -0.391. The van der Waals surface area contributed by atoms with E-state index in [0.29, 0.717) is 12.3 Å². The number of hydrogen-bond donors (Lipinski definition) is 1. The zero-order chi connectivity index (χ0) is 14.4. The van der Waals surface area contributed by atoms with E-state index in [1.165, 1.54) is 18.2 Å². The van der Waals surface area contributed by atoms with E-state index in [0.717, 1.165) is 25.7 Å². The highest BCUT2D eigenvalue weighted by Gasteiger charge is 2.24. The fourth-order valence-electron chi connectivity index (χ4n) is 2.48. The molecule has 1 saturated heterocycles. The molecule has 2 rings (SSSR count). The molecule has 1 aromatic rings. The molecule has 0 radical (unpaired) electrons. The SMILES string of the molecule is O=C(COc1cccc(F)c1)N1CCCCCC1CO. The van der Waals surface area contributed by atoms with Gasteiger partial charge in [-0.15, -0.1) is 0 Å². The lowest BCUT2D eigenvalue weighted by Gasteiger charge is -2.28. The predicted molar refractivity (Wildman–Crippen MR) is 72.9 cm³/mol. The molecule has 4 nitrogen and oxygen atoms in total. The molecule has 110 valence electrons. The van der Waals surface area contributed by atoms with Gasteiger partial charge in [0.15, 0.2) is 6.61 Å². The van der Waals surface area contributed by atoms with Crippen molar-refractivity contribution in [1.82, 2.24) is 4.90 Å². The van der Waals surface area contributed by atoms with Crippen LogP contribution in [0.4, 0.5) is 4.39 Å². The van der Waals surface area contributed by atoms with E-state index in [-0.39, 0.29) is 25.2 Å². The second-order valence-electron chi connectivity index (χ2n) is 5.02. The number of benzene rings is 1. The largest absolute Gasteiger partial charge is 0.484 e. The molecular weight excluding hydrogens is 261 g/mol. The Kier molecular flexibility index (Phi) is 5.35. The van der Waals surface area contributed by atoms with Crippen molar-refractivity contribution in [2.75, 3.05) is 19.8 Å². The Morgan fingerprint density at radius 1 is 1.40 bits per heavy atom. The number of rotatable bonds is 4. The summed E-state index contributed by atoms with van der Waals surface area (Å²) >= 11 is 0. The van der Waals surface area contributed by atoms with Crippen molar-refractivity contribution < 1.29 is 19.0 Å². The average molecular weight is 281 g/mol. The van der Waals surface area contributed by atoms with Crippen LogP contribution >= 0.6 is 0 Å². The van der Waals surface area contributed by atoms with Crippen molar-refractivity contribution in [3.63, 3.8) is 0 Å². The highest BCUT2D eigenvalue weighted by molar-refractivity contribution is 5.78. The summed E-state index contributed by atoms with van der Waals surface area (Å²) < 4.78 is 18.3. The van der Waals surface area contributed by atoms with Crippen LogP contribution in [0, 0.1) is 5.82 Å². The van der Waals surface area contributed by atoms with Crippen molar-refractivity contribution >= 4 is 5.91 Å². The lowest BCUT2D eigenvalue weighted by atomic mass is 10.1. The van der Waals surface area contributed by atoms with Gasteiger partial charge in [0.25, 0.3) is 5.91 Å². The van der Waals surface area contributed by atoms with Gasteiger partial charge in [-0.3, -0.25) is 4.79 Å². The zero-order valence-corrected chi connectivity index (χ0v) is 11.4. The summed E-state index contributed by atoms with van der Waals surface area (Å²) in [5.41, 5.74) is 0. The first-order chi connectivity index (χ1) is 9.70. The maximum absolute atomic E-state index is 13.0. The van der Waals surface area contributed by atoms with Crippen LogP contribution in [0.15, 0.2) is 24.3 Å². The van der Waals surface area contributed by atoms with Gasteiger partial charge in [0, 0.05) is 12.6 Å². The second-order valence-corrected chi connectivity index (χ2v) is 5.02. The highest BCUT2D eigenvalue weighted by Crippen LogP contribution is 2.17. The lowest BCUT2D eigenvalue weighted by molar-refractivity contribution is -0.136. The molecule has 1 aliphatic rings. The van der Waals surface area contributed by atoms with Gasteiger partial charge >= 0.3 is 0 Å². The van der Waals surface area contributed by atoms with Crippen LogP contribution < -0.4 is 4.74 Å². The van der Waals surface area contributed by atoms with Gasteiger partial charge in [-0.05, 0) is 25.0 Å². The Morgan fingerprint density at radius 2 is 2.25 bits per heavy atom. The summed E-state index contributed by atoms with van der Waals surface area (Å²) in [5, 5.41) is 9.37. The van der Waals surface area contributed by atoms with Crippen LogP contribution in [0.3, 0.4) is 0 Å². The monoisotopic (exact) mass is 281 g/mol. The maximum Gasteiger partial charge on any atom is 0.260 e. The third-order valence-electron chi connectivity index (χ3n) is 3.57. The molecule has 5 heteroatoms. The summed E-state index contributed by atoms with van der Waals surface area (Å²) in [6, 6.07) is 5.60. The first-order valence-corrected chi connectivity index (χ1v) is 6.99. The summed E-state index contributed by atoms with van der Waals surface area (Å²) in [4.78, 5) is 13.9. The molecule has 1 amide bonds. The molecule has 0 saturated carbocycles. The van der Waals surface area contributed by atoms with Crippen molar-refractivity contribution in [1.29, 1.82) is 0 Å². The first kappa shape index (κ1) is 14.8. The molecule has 20 heavy (non-hydrogen) atoms. The molecule has 0 aromatic heterocycles. The van der Waals surface area contributed by atoms with Gasteiger partial charge in [0.05, 0.1) is 12.6 Å². The normalized spacial score (nSPS) is 19.5. The standard InChI is InChI=1S/C15H20FNO3/c16-12-5-4-7-14(9-12)20-11-15(19)17-8-3-1-2-6-13(17)10-18/h4-5,7,9,13,18H,1-3,6,8,10-11H2. The number of ether oxygens (including phenoxy) is 1. The van der Waals surface area contributed by atoms with Gasteiger partial charge in [-0.2, -0.15) is 0 Å². The fraction of sp³-hybridized carbons (Fsp3) is 0.533. The smallest absolute Gasteiger partial charge is 0.260 e.